The Hall–Kier alpha value is -1.79. The van der Waals surface area contributed by atoms with E-state index < -0.39 is 0 Å². The maximum Gasteiger partial charge on any atom is 0.321 e. The lowest BCUT2D eigenvalue weighted by Crippen LogP contribution is -2.45. The molecule has 0 spiro atoms. The lowest BCUT2D eigenvalue weighted by Gasteiger charge is -2.31. The second kappa shape index (κ2) is 9.24. The van der Waals surface area contributed by atoms with Crippen molar-refractivity contribution in [3.05, 3.63) is 23.8 Å². The number of hydrogen-bond acceptors (Lipinski definition) is 4. The molecule has 1 atom stereocenters. The summed E-state index contributed by atoms with van der Waals surface area (Å²) < 4.78 is 11.3. The number of urea groups is 1. The van der Waals surface area contributed by atoms with E-state index in [4.69, 9.17) is 9.47 Å². The number of rotatable bonds is 4. The predicted octanol–water partition coefficient (Wildman–Crippen LogP) is 3.11. The summed E-state index contributed by atoms with van der Waals surface area (Å²) in [5, 5.41) is 3.00. The molecule has 1 aromatic rings. The highest BCUT2D eigenvalue weighted by Gasteiger charge is 2.25. The van der Waals surface area contributed by atoms with Gasteiger partial charge in [0.2, 0.25) is 0 Å². The maximum atomic E-state index is 12.7. The molecule has 1 N–H and O–H groups in total. The fourth-order valence-corrected chi connectivity index (χ4v) is 3.72. The average molecular weight is 361 g/mol. The monoisotopic (exact) mass is 361 g/mol. The fourth-order valence-electron chi connectivity index (χ4n) is 3.72. The summed E-state index contributed by atoms with van der Waals surface area (Å²) in [7, 11) is 1.64. The van der Waals surface area contributed by atoms with Crippen molar-refractivity contribution < 1.29 is 14.3 Å². The molecule has 2 aliphatic rings. The van der Waals surface area contributed by atoms with Gasteiger partial charge < -0.3 is 24.6 Å². The minimum atomic E-state index is -0.0648. The molecule has 2 amide bonds. The Morgan fingerprint density at radius 2 is 2.04 bits per heavy atom. The molecule has 0 unspecified atom stereocenters. The first-order chi connectivity index (χ1) is 12.7. The zero-order chi connectivity index (χ0) is 18.4. The fraction of sp³-hybridized carbons (Fsp3) is 0.650. The van der Waals surface area contributed by atoms with E-state index in [9.17, 15) is 4.79 Å². The number of benzene rings is 1. The highest BCUT2D eigenvalue weighted by molar-refractivity contribution is 5.89. The van der Waals surface area contributed by atoms with Crippen LogP contribution in [0.3, 0.4) is 0 Å². The Labute approximate surface area is 156 Å². The van der Waals surface area contributed by atoms with Gasteiger partial charge in [-0.1, -0.05) is 12.5 Å². The van der Waals surface area contributed by atoms with Gasteiger partial charge in [0.25, 0.3) is 0 Å². The van der Waals surface area contributed by atoms with Crippen molar-refractivity contribution >= 4 is 11.7 Å². The number of amides is 2. The number of carbonyl (C=O) groups is 1. The summed E-state index contributed by atoms with van der Waals surface area (Å²) in [6.45, 7) is 7.30. The van der Waals surface area contributed by atoms with Crippen molar-refractivity contribution in [1.29, 1.82) is 0 Å². The van der Waals surface area contributed by atoms with Gasteiger partial charge in [0.05, 0.1) is 13.2 Å². The van der Waals surface area contributed by atoms with Gasteiger partial charge in [0, 0.05) is 38.0 Å². The summed E-state index contributed by atoms with van der Waals surface area (Å²) in [4.78, 5) is 17.1. The maximum absolute atomic E-state index is 12.7. The molecule has 6 nitrogen and oxygen atoms in total. The smallest absolute Gasteiger partial charge is 0.321 e. The molecule has 0 radical (unpaired) electrons. The van der Waals surface area contributed by atoms with Crippen LogP contribution in [-0.4, -0.2) is 68.4 Å². The molecule has 0 aliphatic carbocycles. The van der Waals surface area contributed by atoms with Crippen LogP contribution in [0.25, 0.3) is 0 Å². The van der Waals surface area contributed by atoms with E-state index in [1.54, 1.807) is 7.11 Å². The second-order valence-electron chi connectivity index (χ2n) is 7.27. The van der Waals surface area contributed by atoms with Crippen LogP contribution in [0.15, 0.2) is 18.2 Å². The van der Waals surface area contributed by atoms with Gasteiger partial charge in [-0.3, -0.25) is 0 Å². The number of piperidine rings is 1. The van der Waals surface area contributed by atoms with E-state index in [1.807, 2.05) is 30.0 Å². The standard InChI is InChI=1S/C20H31N3O3/c1-16-7-8-17(13-19(16)25-2)21-20(24)23-11-6-12-26-18(15-23)14-22-9-4-3-5-10-22/h7-8,13,18H,3-6,9-12,14-15H2,1-2H3,(H,21,24)/t18-/m1/s1. The molecule has 1 aromatic carbocycles. The largest absolute Gasteiger partial charge is 0.496 e. The van der Waals surface area contributed by atoms with E-state index in [-0.39, 0.29) is 12.1 Å². The van der Waals surface area contributed by atoms with Crippen molar-refractivity contribution in [2.24, 2.45) is 0 Å². The van der Waals surface area contributed by atoms with Crippen LogP contribution in [0.4, 0.5) is 10.5 Å². The second-order valence-corrected chi connectivity index (χ2v) is 7.27. The molecule has 2 heterocycles. The van der Waals surface area contributed by atoms with Gasteiger partial charge in [0.15, 0.2) is 0 Å². The van der Waals surface area contributed by atoms with Gasteiger partial charge in [-0.25, -0.2) is 4.79 Å². The van der Waals surface area contributed by atoms with Crippen molar-refractivity contribution in [3.63, 3.8) is 0 Å². The average Bonchev–Trinajstić information content (AvgIpc) is 2.90. The van der Waals surface area contributed by atoms with Crippen molar-refractivity contribution in [2.45, 2.75) is 38.7 Å². The first-order valence-electron chi connectivity index (χ1n) is 9.70. The first kappa shape index (κ1) is 19.0. The third kappa shape index (κ3) is 5.11. The molecule has 2 fully saturated rings. The zero-order valence-corrected chi connectivity index (χ0v) is 16.0. The van der Waals surface area contributed by atoms with Crippen LogP contribution in [0.2, 0.25) is 0 Å². The molecule has 2 aliphatic heterocycles. The Kier molecular flexibility index (Phi) is 6.74. The molecule has 6 heteroatoms. The Morgan fingerprint density at radius 1 is 1.23 bits per heavy atom. The normalized spacial score (nSPS) is 21.9. The van der Waals surface area contributed by atoms with Gasteiger partial charge in [-0.2, -0.15) is 0 Å². The highest BCUT2D eigenvalue weighted by Crippen LogP contribution is 2.22. The number of ether oxygens (including phenoxy) is 2. The molecule has 26 heavy (non-hydrogen) atoms. The van der Waals surface area contributed by atoms with E-state index in [0.717, 1.165) is 56.2 Å². The predicted molar refractivity (Wildman–Crippen MR) is 103 cm³/mol. The number of likely N-dealkylation sites (tertiary alicyclic amines) is 1. The number of nitrogens with one attached hydrogen (secondary N) is 1. The van der Waals surface area contributed by atoms with Gasteiger partial charge in [0.1, 0.15) is 5.75 Å². The minimum Gasteiger partial charge on any atom is -0.496 e. The van der Waals surface area contributed by atoms with Crippen LogP contribution in [0.5, 0.6) is 5.75 Å². The van der Waals surface area contributed by atoms with E-state index >= 15 is 0 Å². The summed E-state index contributed by atoms with van der Waals surface area (Å²) in [5.74, 6) is 0.782. The third-order valence-electron chi connectivity index (χ3n) is 5.21. The third-order valence-corrected chi connectivity index (χ3v) is 5.21. The first-order valence-corrected chi connectivity index (χ1v) is 9.70. The van der Waals surface area contributed by atoms with Gasteiger partial charge in [-0.15, -0.1) is 0 Å². The highest BCUT2D eigenvalue weighted by atomic mass is 16.5. The summed E-state index contributed by atoms with van der Waals surface area (Å²) in [6, 6.07) is 5.67. The van der Waals surface area contributed by atoms with Gasteiger partial charge >= 0.3 is 6.03 Å². The molecule has 0 aromatic heterocycles. The summed E-state index contributed by atoms with van der Waals surface area (Å²) >= 11 is 0. The topological polar surface area (TPSA) is 54.0 Å². The summed E-state index contributed by atoms with van der Waals surface area (Å²) in [6.07, 6.45) is 4.84. The number of methoxy groups -OCH3 is 1. The van der Waals surface area contributed by atoms with E-state index in [1.165, 1.54) is 19.3 Å². The van der Waals surface area contributed by atoms with E-state index in [0.29, 0.717) is 6.54 Å². The van der Waals surface area contributed by atoms with Crippen molar-refractivity contribution in [2.75, 3.05) is 51.8 Å². The van der Waals surface area contributed by atoms with Crippen molar-refractivity contribution in [3.8, 4) is 5.75 Å². The lowest BCUT2D eigenvalue weighted by atomic mass is 10.1. The minimum absolute atomic E-state index is 0.0648. The lowest BCUT2D eigenvalue weighted by molar-refractivity contribution is 0.0261. The number of hydrogen-bond donors (Lipinski definition) is 1. The quantitative estimate of drug-likeness (QED) is 0.895. The molecular weight excluding hydrogens is 330 g/mol. The molecule has 0 saturated carbocycles. The Bertz CT molecular complexity index is 602. The molecule has 144 valence electrons. The van der Waals surface area contributed by atoms with Crippen LogP contribution in [0.1, 0.15) is 31.2 Å². The number of anilines is 1. The van der Waals surface area contributed by atoms with Gasteiger partial charge in [-0.05, 0) is 50.9 Å². The SMILES string of the molecule is COc1cc(NC(=O)N2CCCO[C@H](CN3CCCCC3)C2)ccc1C. The molecule has 0 bridgehead atoms. The number of nitrogens with zero attached hydrogens (tertiary/aromatic N) is 2. The number of aryl methyl sites for hydroxylation is 1. The Morgan fingerprint density at radius 3 is 2.81 bits per heavy atom. The molecule has 2 saturated heterocycles. The molecule has 3 rings (SSSR count). The summed E-state index contributed by atoms with van der Waals surface area (Å²) in [5.41, 5.74) is 1.81. The van der Waals surface area contributed by atoms with Crippen LogP contribution < -0.4 is 10.1 Å². The van der Waals surface area contributed by atoms with Crippen molar-refractivity contribution in [1.82, 2.24) is 9.80 Å². The van der Waals surface area contributed by atoms with E-state index in [2.05, 4.69) is 10.2 Å². The molecular formula is C20H31N3O3. The Balaban J connectivity index is 1.58. The van der Waals surface area contributed by atoms with Crippen LogP contribution in [-0.2, 0) is 4.74 Å². The number of carbonyl (C=O) groups excluding carboxylic acids is 1. The van der Waals surface area contributed by atoms with Crippen LogP contribution >= 0.6 is 0 Å². The van der Waals surface area contributed by atoms with Crippen LogP contribution in [0, 0.1) is 6.92 Å². The zero-order valence-electron chi connectivity index (χ0n) is 16.0.